The van der Waals surface area contributed by atoms with Crippen LogP contribution < -0.4 is 15.4 Å². The standard InChI is InChI=1S/C25H25F3N6O3/c1-16-22(17-14-29-33(2)15-17)32-34(19-7-5-4-6-8-19)23(16)31-24(35)30-20-10-9-18(25(26,27)28)13-21(20)37-12-11-36-3/h4-10,13-15H,11-12H2,1-3H3,(H2,30,31,35). The topological polar surface area (TPSA) is 95.2 Å². The quantitative estimate of drug-likeness (QED) is 0.313. The number of urea groups is 1. The zero-order valence-corrected chi connectivity index (χ0v) is 20.3. The number of para-hydroxylation sites is 1. The van der Waals surface area contributed by atoms with Crippen molar-refractivity contribution in [2.24, 2.45) is 7.05 Å². The van der Waals surface area contributed by atoms with Gasteiger partial charge in [0, 0.05) is 31.5 Å². The number of aromatic nitrogens is 4. The van der Waals surface area contributed by atoms with Crippen molar-refractivity contribution in [2.45, 2.75) is 13.1 Å². The van der Waals surface area contributed by atoms with Gasteiger partial charge in [-0.05, 0) is 37.3 Å². The molecule has 2 amide bonds. The first-order chi connectivity index (χ1) is 17.7. The molecule has 194 valence electrons. The van der Waals surface area contributed by atoms with Gasteiger partial charge in [-0.3, -0.25) is 10.00 Å². The number of ether oxygens (including phenoxy) is 2. The number of halogens is 3. The fraction of sp³-hybridized carbons (Fsp3) is 0.240. The van der Waals surface area contributed by atoms with Crippen LogP contribution in [-0.4, -0.2) is 45.9 Å². The van der Waals surface area contributed by atoms with Gasteiger partial charge >= 0.3 is 12.2 Å². The lowest BCUT2D eigenvalue weighted by molar-refractivity contribution is -0.137. The second kappa shape index (κ2) is 10.7. The minimum absolute atomic E-state index is 0.00245. The fourth-order valence-electron chi connectivity index (χ4n) is 3.63. The summed E-state index contributed by atoms with van der Waals surface area (Å²) >= 11 is 0. The van der Waals surface area contributed by atoms with Crippen molar-refractivity contribution in [3.05, 3.63) is 72.1 Å². The van der Waals surface area contributed by atoms with Crippen LogP contribution in [0.25, 0.3) is 16.9 Å². The molecule has 0 radical (unpaired) electrons. The van der Waals surface area contributed by atoms with Crippen LogP contribution in [0.15, 0.2) is 60.9 Å². The number of methoxy groups -OCH3 is 1. The van der Waals surface area contributed by atoms with E-state index in [1.807, 2.05) is 37.3 Å². The zero-order chi connectivity index (χ0) is 26.6. The molecule has 0 aliphatic carbocycles. The molecule has 0 saturated heterocycles. The summed E-state index contributed by atoms with van der Waals surface area (Å²) in [4.78, 5) is 13.0. The summed E-state index contributed by atoms with van der Waals surface area (Å²) in [6, 6.07) is 11.4. The van der Waals surface area contributed by atoms with Crippen LogP contribution in [0.2, 0.25) is 0 Å². The molecule has 37 heavy (non-hydrogen) atoms. The molecule has 2 aromatic heterocycles. The van der Waals surface area contributed by atoms with Gasteiger partial charge in [0.05, 0.1) is 29.7 Å². The normalized spacial score (nSPS) is 11.4. The van der Waals surface area contributed by atoms with Gasteiger partial charge in [0.25, 0.3) is 0 Å². The second-order valence-electron chi connectivity index (χ2n) is 8.10. The molecule has 4 aromatic rings. The first-order valence-corrected chi connectivity index (χ1v) is 11.2. The van der Waals surface area contributed by atoms with Crippen molar-refractivity contribution in [3.63, 3.8) is 0 Å². The van der Waals surface area contributed by atoms with Crippen LogP contribution in [0.4, 0.5) is 29.5 Å². The predicted octanol–water partition coefficient (Wildman–Crippen LogP) is 5.27. The van der Waals surface area contributed by atoms with E-state index in [1.165, 1.54) is 7.11 Å². The van der Waals surface area contributed by atoms with Gasteiger partial charge in [-0.15, -0.1) is 0 Å². The zero-order valence-electron chi connectivity index (χ0n) is 20.3. The molecule has 0 atom stereocenters. The minimum atomic E-state index is -4.57. The van der Waals surface area contributed by atoms with Crippen LogP contribution in [0.3, 0.4) is 0 Å². The first kappa shape index (κ1) is 25.8. The minimum Gasteiger partial charge on any atom is -0.489 e. The van der Waals surface area contributed by atoms with Crippen LogP contribution in [0.1, 0.15) is 11.1 Å². The Labute approximate surface area is 210 Å². The summed E-state index contributed by atoms with van der Waals surface area (Å²) in [5.41, 5.74) is 1.92. The van der Waals surface area contributed by atoms with Gasteiger partial charge in [-0.2, -0.15) is 23.4 Å². The Morgan fingerprint density at radius 3 is 2.49 bits per heavy atom. The molecule has 9 nitrogen and oxygen atoms in total. The monoisotopic (exact) mass is 514 g/mol. The number of alkyl halides is 3. The molecule has 2 N–H and O–H groups in total. The summed E-state index contributed by atoms with van der Waals surface area (Å²) in [7, 11) is 3.23. The van der Waals surface area contributed by atoms with Crippen molar-refractivity contribution >= 4 is 17.5 Å². The fourth-order valence-corrected chi connectivity index (χ4v) is 3.63. The van der Waals surface area contributed by atoms with E-state index in [2.05, 4.69) is 20.8 Å². The number of amides is 2. The summed E-state index contributed by atoms with van der Waals surface area (Å²) in [5.74, 6) is 0.252. The highest BCUT2D eigenvalue weighted by Gasteiger charge is 2.31. The highest BCUT2D eigenvalue weighted by molar-refractivity contribution is 6.01. The molecule has 4 rings (SSSR count). The molecule has 0 bridgehead atoms. The lowest BCUT2D eigenvalue weighted by atomic mass is 10.1. The van der Waals surface area contributed by atoms with Gasteiger partial charge in [0.15, 0.2) is 0 Å². The third-order valence-corrected chi connectivity index (χ3v) is 5.44. The number of carbonyl (C=O) groups excluding carboxylic acids is 1. The first-order valence-electron chi connectivity index (χ1n) is 11.2. The summed E-state index contributed by atoms with van der Waals surface area (Å²) in [6.07, 6.45) is -1.09. The van der Waals surface area contributed by atoms with Crippen molar-refractivity contribution in [1.29, 1.82) is 0 Å². The molecule has 12 heteroatoms. The highest BCUT2D eigenvalue weighted by atomic mass is 19.4. The van der Waals surface area contributed by atoms with E-state index in [1.54, 1.807) is 28.8 Å². The van der Waals surface area contributed by atoms with E-state index in [4.69, 9.17) is 9.47 Å². The molecule has 0 fully saturated rings. The third kappa shape index (κ3) is 5.92. The smallest absolute Gasteiger partial charge is 0.416 e. The van der Waals surface area contributed by atoms with Crippen molar-refractivity contribution in [3.8, 4) is 22.7 Å². The number of aryl methyl sites for hydroxylation is 1. The number of hydrogen-bond donors (Lipinski definition) is 2. The number of nitrogens with zero attached hydrogens (tertiary/aromatic N) is 4. The number of hydrogen-bond acceptors (Lipinski definition) is 5. The van der Waals surface area contributed by atoms with E-state index in [9.17, 15) is 18.0 Å². The average Bonchev–Trinajstić information content (AvgIpc) is 3.43. The molecule has 0 saturated carbocycles. The largest absolute Gasteiger partial charge is 0.489 e. The number of nitrogens with one attached hydrogen (secondary N) is 2. The van der Waals surface area contributed by atoms with E-state index < -0.39 is 17.8 Å². The average molecular weight is 515 g/mol. The molecular formula is C25H25F3N6O3. The van der Waals surface area contributed by atoms with Gasteiger partial charge < -0.3 is 14.8 Å². The second-order valence-corrected chi connectivity index (χ2v) is 8.10. The molecule has 0 spiro atoms. The van der Waals surface area contributed by atoms with Gasteiger partial charge in [0.2, 0.25) is 0 Å². The van der Waals surface area contributed by atoms with Crippen LogP contribution in [-0.2, 0) is 18.0 Å². The summed E-state index contributed by atoms with van der Waals surface area (Å²) in [5, 5.41) is 14.2. The molecule has 0 aliphatic heterocycles. The van der Waals surface area contributed by atoms with Crippen molar-refractivity contribution in [1.82, 2.24) is 19.6 Å². The SMILES string of the molecule is COCCOc1cc(C(F)(F)F)ccc1NC(=O)Nc1c(C)c(-c2cnn(C)c2)nn1-c1ccccc1. The lowest BCUT2D eigenvalue weighted by Crippen LogP contribution is -2.22. The maximum atomic E-state index is 13.2. The Bertz CT molecular complexity index is 1380. The third-order valence-electron chi connectivity index (χ3n) is 5.44. The van der Waals surface area contributed by atoms with Crippen LogP contribution in [0, 0.1) is 6.92 Å². The Morgan fingerprint density at radius 1 is 1.08 bits per heavy atom. The molecular weight excluding hydrogens is 489 g/mol. The van der Waals surface area contributed by atoms with Crippen molar-refractivity contribution in [2.75, 3.05) is 31.0 Å². The highest BCUT2D eigenvalue weighted by Crippen LogP contribution is 2.36. The van der Waals surface area contributed by atoms with Gasteiger partial charge in [0.1, 0.15) is 23.9 Å². The Kier molecular flexibility index (Phi) is 7.48. The lowest BCUT2D eigenvalue weighted by Gasteiger charge is -2.16. The molecule has 2 heterocycles. The summed E-state index contributed by atoms with van der Waals surface area (Å²) in [6.45, 7) is 1.97. The van der Waals surface area contributed by atoms with Crippen molar-refractivity contribution < 1.29 is 27.4 Å². The van der Waals surface area contributed by atoms with E-state index in [-0.39, 0.29) is 24.7 Å². The van der Waals surface area contributed by atoms with E-state index in [0.717, 1.165) is 23.8 Å². The van der Waals surface area contributed by atoms with Gasteiger partial charge in [-0.1, -0.05) is 18.2 Å². The molecule has 0 aliphatic rings. The predicted molar refractivity (Wildman–Crippen MR) is 132 cm³/mol. The maximum absolute atomic E-state index is 13.2. The summed E-state index contributed by atoms with van der Waals surface area (Å²) < 4.78 is 53.3. The molecule has 0 unspecified atom stereocenters. The Balaban J connectivity index is 1.65. The number of anilines is 2. The Morgan fingerprint density at radius 2 is 1.84 bits per heavy atom. The number of benzene rings is 2. The number of carbonyl (C=O) groups is 1. The number of rotatable bonds is 8. The van der Waals surface area contributed by atoms with Gasteiger partial charge in [-0.25, -0.2) is 9.48 Å². The molecule has 2 aromatic carbocycles. The van der Waals surface area contributed by atoms with E-state index in [0.29, 0.717) is 22.8 Å². The Hall–Kier alpha value is -4.32. The van der Waals surface area contributed by atoms with E-state index >= 15 is 0 Å². The van der Waals surface area contributed by atoms with Crippen LogP contribution in [0.5, 0.6) is 5.75 Å². The van der Waals surface area contributed by atoms with Crippen LogP contribution >= 0.6 is 0 Å². The maximum Gasteiger partial charge on any atom is 0.416 e.